The quantitative estimate of drug-likeness (QED) is 0.364. The van der Waals surface area contributed by atoms with E-state index in [1.165, 1.54) is 16.9 Å². The number of para-hydroxylation sites is 1. The number of pyridine rings is 1. The van der Waals surface area contributed by atoms with E-state index in [-0.39, 0.29) is 5.91 Å². The topological polar surface area (TPSA) is 46.1 Å². The number of halogens is 1. The van der Waals surface area contributed by atoms with E-state index in [0.717, 1.165) is 21.5 Å². The first-order chi connectivity index (χ1) is 14.2. The molecule has 1 amide bonds. The predicted octanol–water partition coefficient (Wildman–Crippen LogP) is 5.81. The number of thioether (sulfide) groups is 1. The second-order valence-corrected chi connectivity index (χ2v) is 8.80. The lowest BCUT2D eigenvalue weighted by atomic mass is 10.2. The van der Waals surface area contributed by atoms with Crippen LogP contribution < -0.4 is 4.90 Å². The maximum absolute atomic E-state index is 13.1. The van der Waals surface area contributed by atoms with E-state index >= 15 is 0 Å². The van der Waals surface area contributed by atoms with Crippen molar-refractivity contribution in [1.29, 1.82) is 0 Å². The molecule has 4 aromatic rings. The number of carbonyl (C=O) groups is 1. The Hall–Kier alpha value is -2.41. The smallest absolute Gasteiger partial charge is 0.239 e. The van der Waals surface area contributed by atoms with E-state index in [1.54, 1.807) is 29.1 Å². The van der Waals surface area contributed by atoms with Gasteiger partial charge in [0.05, 0.1) is 22.0 Å². The lowest BCUT2D eigenvalue weighted by Crippen LogP contribution is -2.32. The summed E-state index contributed by atoms with van der Waals surface area (Å²) < 4.78 is 0.966. The van der Waals surface area contributed by atoms with Gasteiger partial charge in [0.1, 0.15) is 5.52 Å². The van der Waals surface area contributed by atoms with Gasteiger partial charge in [0.25, 0.3) is 0 Å². The SMILES string of the molecule is O=C(CSCc1ccccc1)N(Cc1cccnc1)c1nc2c(Cl)cccc2s1. The number of hydrogen-bond acceptors (Lipinski definition) is 5. The monoisotopic (exact) mass is 439 g/mol. The Morgan fingerprint density at radius 3 is 2.62 bits per heavy atom. The first-order valence-electron chi connectivity index (χ1n) is 9.07. The number of fused-ring (bicyclic) bond motifs is 1. The number of rotatable bonds is 7. The summed E-state index contributed by atoms with van der Waals surface area (Å²) in [5.41, 5.74) is 2.89. The van der Waals surface area contributed by atoms with Gasteiger partial charge in [-0.05, 0) is 29.3 Å². The number of hydrogen-bond donors (Lipinski definition) is 0. The highest BCUT2D eigenvalue weighted by Gasteiger charge is 2.21. The van der Waals surface area contributed by atoms with Gasteiger partial charge in [-0.1, -0.05) is 65.4 Å². The van der Waals surface area contributed by atoms with Gasteiger partial charge in [-0.25, -0.2) is 4.98 Å². The van der Waals surface area contributed by atoms with Crippen LogP contribution in [0.5, 0.6) is 0 Å². The van der Waals surface area contributed by atoms with Gasteiger partial charge >= 0.3 is 0 Å². The molecular formula is C22H18ClN3OS2. The van der Waals surface area contributed by atoms with Gasteiger partial charge in [0.15, 0.2) is 5.13 Å². The molecule has 0 spiro atoms. The van der Waals surface area contributed by atoms with Crippen molar-refractivity contribution in [3.8, 4) is 0 Å². The molecule has 2 heterocycles. The molecule has 2 aromatic heterocycles. The van der Waals surface area contributed by atoms with Crippen molar-refractivity contribution < 1.29 is 4.79 Å². The van der Waals surface area contributed by atoms with Crippen molar-refractivity contribution in [2.45, 2.75) is 12.3 Å². The van der Waals surface area contributed by atoms with Crippen LogP contribution in [0.1, 0.15) is 11.1 Å². The molecule has 2 aromatic carbocycles. The third kappa shape index (κ3) is 4.96. The summed E-state index contributed by atoms with van der Waals surface area (Å²) in [4.78, 5) is 23.7. The summed E-state index contributed by atoms with van der Waals surface area (Å²) in [5, 5.41) is 1.25. The molecule has 146 valence electrons. The van der Waals surface area contributed by atoms with Crippen LogP contribution in [0, 0.1) is 0 Å². The maximum atomic E-state index is 13.1. The van der Waals surface area contributed by atoms with Crippen molar-refractivity contribution in [2.24, 2.45) is 0 Å². The van der Waals surface area contributed by atoms with Crippen LogP contribution in [-0.4, -0.2) is 21.6 Å². The number of aromatic nitrogens is 2. The van der Waals surface area contributed by atoms with Gasteiger partial charge in [-0.3, -0.25) is 14.7 Å². The zero-order chi connectivity index (χ0) is 20.1. The third-order valence-corrected chi connectivity index (χ3v) is 6.63. The van der Waals surface area contributed by atoms with Gasteiger partial charge < -0.3 is 0 Å². The minimum absolute atomic E-state index is 0.0185. The largest absolute Gasteiger partial charge is 0.283 e. The van der Waals surface area contributed by atoms with Gasteiger partial charge in [-0.15, -0.1) is 11.8 Å². The highest BCUT2D eigenvalue weighted by atomic mass is 35.5. The Labute approximate surface area is 182 Å². The molecule has 0 fully saturated rings. The van der Waals surface area contributed by atoms with Crippen LogP contribution in [0.2, 0.25) is 5.02 Å². The summed E-state index contributed by atoms with van der Waals surface area (Å²) in [7, 11) is 0. The molecule has 0 radical (unpaired) electrons. The second-order valence-electron chi connectivity index (χ2n) is 6.40. The fourth-order valence-electron chi connectivity index (χ4n) is 2.86. The zero-order valence-electron chi connectivity index (χ0n) is 15.5. The van der Waals surface area contributed by atoms with Crippen LogP contribution in [0.25, 0.3) is 10.2 Å². The minimum Gasteiger partial charge on any atom is -0.283 e. The Morgan fingerprint density at radius 2 is 1.86 bits per heavy atom. The molecule has 0 aliphatic rings. The zero-order valence-corrected chi connectivity index (χ0v) is 17.9. The number of nitrogens with zero attached hydrogens (tertiary/aromatic N) is 3. The van der Waals surface area contributed by atoms with Gasteiger partial charge in [-0.2, -0.15) is 0 Å². The summed E-state index contributed by atoms with van der Waals surface area (Å²) >= 11 is 9.37. The second kappa shape index (κ2) is 9.39. The molecule has 0 N–H and O–H groups in total. The van der Waals surface area contributed by atoms with Crippen LogP contribution in [0.15, 0.2) is 73.1 Å². The summed E-state index contributed by atoms with van der Waals surface area (Å²) in [6.07, 6.45) is 3.50. The third-order valence-electron chi connectivity index (χ3n) is 4.29. The van der Waals surface area contributed by atoms with E-state index in [9.17, 15) is 4.79 Å². The van der Waals surface area contributed by atoms with E-state index in [1.807, 2.05) is 48.5 Å². The van der Waals surface area contributed by atoms with E-state index in [4.69, 9.17) is 11.6 Å². The fourth-order valence-corrected chi connectivity index (χ4v) is 5.01. The Morgan fingerprint density at radius 1 is 1.03 bits per heavy atom. The van der Waals surface area contributed by atoms with Crippen LogP contribution in [0.3, 0.4) is 0 Å². The Balaban J connectivity index is 1.55. The first kappa shape index (κ1) is 19.9. The van der Waals surface area contributed by atoms with E-state index in [0.29, 0.717) is 22.5 Å². The molecule has 0 bridgehead atoms. The van der Waals surface area contributed by atoms with E-state index in [2.05, 4.69) is 22.1 Å². The number of amides is 1. The lowest BCUT2D eigenvalue weighted by molar-refractivity contribution is -0.116. The maximum Gasteiger partial charge on any atom is 0.239 e. The number of thiazole rings is 1. The van der Waals surface area contributed by atoms with Crippen LogP contribution in [0.4, 0.5) is 5.13 Å². The molecule has 29 heavy (non-hydrogen) atoms. The highest BCUT2D eigenvalue weighted by molar-refractivity contribution is 7.99. The van der Waals surface area contributed by atoms with Crippen molar-refractivity contribution in [2.75, 3.05) is 10.7 Å². The van der Waals surface area contributed by atoms with Gasteiger partial charge in [0.2, 0.25) is 5.91 Å². The number of benzene rings is 2. The number of carbonyl (C=O) groups excluding carboxylic acids is 1. The van der Waals surface area contributed by atoms with Crippen LogP contribution >= 0.6 is 34.7 Å². The first-order valence-corrected chi connectivity index (χ1v) is 11.4. The average molecular weight is 440 g/mol. The average Bonchev–Trinajstić information content (AvgIpc) is 3.19. The fraction of sp³-hybridized carbons (Fsp3) is 0.136. The van der Waals surface area contributed by atoms with Crippen molar-refractivity contribution in [1.82, 2.24) is 9.97 Å². The Bertz CT molecular complexity index is 1100. The summed E-state index contributed by atoms with van der Waals surface area (Å²) in [6, 6.07) is 19.7. The molecule has 7 heteroatoms. The highest BCUT2D eigenvalue weighted by Crippen LogP contribution is 2.33. The molecule has 0 unspecified atom stereocenters. The lowest BCUT2D eigenvalue weighted by Gasteiger charge is -2.19. The van der Waals surface area contributed by atoms with Crippen LogP contribution in [-0.2, 0) is 17.1 Å². The van der Waals surface area contributed by atoms with Crippen molar-refractivity contribution in [3.63, 3.8) is 0 Å². The molecular weight excluding hydrogens is 422 g/mol. The molecule has 4 rings (SSSR count). The molecule has 0 saturated carbocycles. The Kier molecular flexibility index (Phi) is 6.44. The van der Waals surface area contributed by atoms with Gasteiger partial charge in [0, 0.05) is 18.1 Å². The standard InChI is InChI=1S/C22H18ClN3OS2/c23-18-9-4-10-19-21(18)25-22(29-19)26(13-17-8-5-11-24-12-17)20(27)15-28-14-16-6-2-1-3-7-16/h1-12H,13-15H2. The summed E-state index contributed by atoms with van der Waals surface area (Å²) in [6.45, 7) is 0.427. The molecule has 4 nitrogen and oxygen atoms in total. The molecule has 0 aliphatic carbocycles. The minimum atomic E-state index is 0.0185. The predicted molar refractivity (Wildman–Crippen MR) is 123 cm³/mol. The van der Waals surface area contributed by atoms with Crippen molar-refractivity contribution >= 4 is 56.0 Å². The van der Waals surface area contributed by atoms with E-state index < -0.39 is 0 Å². The molecule has 0 atom stereocenters. The molecule has 0 aliphatic heterocycles. The normalized spacial score (nSPS) is 10.9. The van der Waals surface area contributed by atoms with Crippen molar-refractivity contribution in [3.05, 3.63) is 89.2 Å². The molecule has 0 saturated heterocycles. The summed E-state index contributed by atoms with van der Waals surface area (Å²) in [5.74, 6) is 1.18. The number of anilines is 1.